The fourth-order valence-electron chi connectivity index (χ4n) is 1.88. The number of rotatable bonds is 5. The number of hydrogen-bond acceptors (Lipinski definition) is 4. The van der Waals surface area contributed by atoms with Crippen LogP contribution in [0, 0.1) is 3.57 Å². The van der Waals surface area contributed by atoms with E-state index in [1.807, 2.05) is 18.2 Å². The summed E-state index contributed by atoms with van der Waals surface area (Å²) in [5, 5.41) is 13.8. The summed E-state index contributed by atoms with van der Waals surface area (Å²) in [6.07, 6.45) is 0. The Morgan fingerprint density at radius 2 is 1.76 bits per heavy atom. The Kier molecular flexibility index (Phi) is 5.41. The van der Waals surface area contributed by atoms with E-state index in [0.29, 0.717) is 23.1 Å². The fourth-order valence-corrected chi connectivity index (χ4v) is 2.80. The maximum atomic E-state index is 9.88. The van der Waals surface area contributed by atoms with E-state index in [-0.39, 0.29) is 5.75 Å². The number of phenolic OH excluding ortho intramolecular Hbond substituents is 1. The smallest absolute Gasteiger partial charge is 0.200 e. The van der Waals surface area contributed by atoms with Crippen molar-refractivity contribution in [1.29, 1.82) is 0 Å². The van der Waals surface area contributed by atoms with Gasteiger partial charge in [-0.15, -0.1) is 0 Å². The zero-order valence-electron chi connectivity index (χ0n) is 11.6. The molecule has 21 heavy (non-hydrogen) atoms. The fraction of sp³-hybridized carbons (Fsp3) is 0.200. The summed E-state index contributed by atoms with van der Waals surface area (Å²) in [6.45, 7) is 0.535. The molecule has 2 rings (SSSR count). The van der Waals surface area contributed by atoms with Gasteiger partial charge in [0.25, 0.3) is 0 Å². The Hall–Kier alpha value is -1.34. The van der Waals surface area contributed by atoms with Crippen LogP contribution in [0.5, 0.6) is 17.2 Å². The molecule has 2 aromatic carbocycles. The van der Waals surface area contributed by atoms with E-state index < -0.39 is 0 Å². The van der Waals surface area contributed by atoms with Gasteiger partial charge in [0.05, 0.1) is 24.9 Å². The van der Waals surface area contributed by atoms with Crippen LogP contribution in [0.3, 0.4) is 0 Å². The first kappa shape index (κ1) is 16.0. The second-order valence-electron chi connectivity index (χ2n) is 4.33. The van der Waals surface area contributed by atoms with Gasteiger partial charge in [-0.05, 0) is 58.5 Å². The molecule has 0 unspecified atom stereocenters. The maximum Gasteiger partial charge on any atom is 0.200 e. The molecule has 0 aliphatic heterocycles. The number of nitrogens with one attached hydrogen (secondary N) is 1. The van der Waals surface area contributed by atoms with Crippen LogP contribution in [0.15, 0.2) is 30.3 Å². The molecule has 0 aromatic heterocycles. The predicted molar refractivity (Wildman–Crippen MR) is 92.7 cm³/mol. The zero-order chi connectivity index (χ0) is 15.4. The first-order chi connectivity index (χ1) is 10.0. The molecule has 2 N–H and O–H groups in total. The van der Waals surface area contributed by atoms with E-state index >= 15 is 0 Å². The molecule has 4 nitrogen and oxygen atoms in total. The van der Waals surface area contributed by atoms with Crippen molar-refractivity contribution in [1.82, 2.24) is 0 Å². The monoisotopic (exact) mass is 419 g/mol. The first-order valence-electron chi connectivity index (χ1n) is 6.18. The third-order valence-corrected chi connectivity index (χ3v) is 3.94. The lowest BCUT2D eigenvalue weighted by atomic mass is 10.1. The quantitative estimate of drug-likeness (QED) is 0.710. The summed E-state index contributed by atoms with van der Waals surface area (Å²) < 4.78 is 11.3. The van der Waals surface area contributed by atoms with Crippen LogP contribution in [-0.4, -0.2) is 19.3 Å². The second kappa shape index (κ2) is 7.09. The Labute approximate surface area is 142 Å². The third kappa shape index (κ3) is 3.85. The van der Waals surface area contributed by atoms with E-state index in [9.17, 15) is 5.11 Å². The van der Waals surface area contributed by atoms with Crippen molar-refractivity contribution in [3.05, 3.63) is 44.5 Å². The van der Waals surface area contributed by atoms with Gasteiger partial charge in [-0.1, -0.05) is 11.6 Å². The van der Waals surface area contributed by atoms with Crippen LogP contribution in [0.4, 0.5) is 5.69 Å². The largest absolute Gasteiger partial charge is 0.502 e. The number of ether oxygens (including phenoxy) is 2. The Balaban J connectivity index is 2.19. The number of benzene rings is 2. The molecular weight excluding hydrogens is 405 g/mol. The van der Waals surface area contributed by atoms with Crippen molar-refractivity contribution in [2.75, 3.05) is 19.5 Å². The second-order valence-corrected chi connectivity index (χ2v) is 5.98. The maximum absolute atomic E-state index is 9.88. The summed E-state index contributed by atoms with van der Waals surface area (Å²) in [7, 11) is 3.00. The van der Waals surface area contributed by atoms with Gasteiger partial charge < -0.3 is 19.9 Å². The highest BCUT2D eigenvalue weighted by Gasteiger charge is 2.11. The van der Waals surface area contributed by atoms with E-state index in [1.165, 1.54) is 14.2 Å². The first-order valence-corrected chi connectivity index (χ1v) is 7.63. The summed E-state index contributed by atoms with van der Waals surface area (Å²) in [4.78, 5) is 0. The number of aromatic hydroxyl groups is 1. The number of phenols is 1. The standard InChI is InChI=1S/C15H15ClINO3/c1-20-13-5-9(6-14(21-2)15(13)19)8-18-12-4-3-10(17)7-11(12)16/h3-7,18-19H,8H2,1-2H3. The van der Waals surface area contributed by atoms with Crippen molar-refractivity contribution in [3.8, 4) is 17.2 Å². The molecule has 0 atom stereocenters. The average molecular weight is 420 g/mol. The molecule has 0 saturated carbocycles. The predicted octanol–water partition coefficient (Wildman–Crippen LogP) is 4.28. The summed E-state index contributed by atoms with van der Waals surface area (Å²) >= 11 is 8.39. The molecular formula is C15H15ClINO3. The minimum absolute atomic E-state index is 0.00366. The molecule has 0 fully saturated rings. The molecule has 0 saturated heterocycles. The lowest BCUT2D eigenvalue weighted by Gasteiger charge is -2.13. The van der Waals surface area contributed by atoms with E-state index in [0.717, 1.165) is 14.8 Å². The number of hydrogen-bond donors (Lipinski definition) is 2. The SMILES string of the molecule is COc1cc(CNc2ccc(I)cc2Cl)cc(OC)c1O. The number of anilines is 1. The Morgan fingerprint density at radius 3 is 2.29 bits per heavy atom. The third-order valence-electron chi connectivity index (χ3n) is 2.95. The molecule has 112 valence electrons. The molecule has 0 spiro atoms. The van der Waals surface area contributed by atoms with E-state index in [2.05, 4.69) is 27.9 Å². The normalized spacial score (nSPS) is 10.3. The summed E-state index contributed by atoms with van der Waals surface area (Å²) in [6, 6.07) is 9.31. The molecule has 0 aliphatic rings. The van der Waals surface area contributed by atoms with Crippen LogP contribution >= 0.6 is 34.2 Å². The van der Waals surface area contributed by atoms with Crippen molar-refractivity contribution in [2.45, 2.75) is 6.54 Å². The lowest BCUT2D eigenvalue weighted by molar-refractivity contribution is 0.339. The van der Waals surface area contributed by atoms with Crippen molar-refractivity contribution in [2.24, 2.45) is 0 Å². The van der Waals surface area contributed by atoms with Crippen LogP contribution in [0.2, 0.25) is 5.02 Å². The van der Waals surface area contributed by atoms with Crippen LogP contribution in [0.1, 0.15) is 5.56 Å². The lowest BCUT2D eigenvalue weighted by Crippen LogP contribution is -2.01. The highest BCUT2D eigenvalue weighted by atomic mass is 127. The topological polar surface area (TPSA) is 50.7 Å². The van der Waals surface area contributed by atoms with Crippen LogP contribution in [0.25, 0.3) is 0 Å². The van der Waals surface area contributed by atoms with Gasteiger partial charge >= 0.3 is 0 Å². The van der Waals surface area contributed by atoms with Crippen LogP contribution < -0.4 is 14.8 Å². The number of methoxy groups -OCH3 is 2. The Bertz CT molecular complexity index is 624. The van der Waals surface area contributed by atoms with E-state index in [1.54, 1.807) is 12.1 Å². The molecule has 0 heterocycles. The highest BCUT2D eigenvalue weighted by molar-refractivity contribution is 14.1. The highest BCUT2D eigenvalue weighted by Crippen LogP contribution is 2.37. The number of halogens is 2. The van der Waals surface area contributed by atoms with Gasteiger partial charge in [0.1, 0.15) is 0 Å². The molecule has 0 bridgehead atoms. The molecule has 0 aliphatic carbocycles. The van der Waals surface area contributed by atoms with Gasteiger partial charge in [0.15, 0.2) is 11.5 Å². The van der Waals surface area contributed by atoms with Gasteiger partial charge in [-0.3, -0.25) is 0 Å². The zero-order valence-corrected chi connectivity index (χ0v) is 14.5. The summed E-state index contributed by atoms with van der Waals surface area (Å²) in [5.41, 5.74) is 1.76. The van der Waals surface area contributed by atoms with Crippen molar-refractivity contribution >= 4 is 39.9 Å². The summed E-state index contributed by atoms with van der Waals surface area (Å²) in [5.74, 6) is 0.746. The van der Waals surface area contributed by atoms with Gasteiger partial charge in [-0.25, -0.2) is 0 Å². The van der Waals surface area contributed by atoms with Gasteiger partial charge in [0, 0.05) is 10.1 Å². The van der Waals surface area contributed by atoms with Gasteiger partial charge in [-0.2, -0.15) is 0 Å². The molecule has 0 amide bonds. The molecule has 0 radical (unpaired) electrons. The van der Waals surface area contributed by atoms with Crippen molar-refractivity contribution < 1.29 is 14.6 Å². The Morgan fingerprint density at radius 1 is 1.14 bits per heavy atom. The van der Waals surface area contributed by atoms with Crippen molar-refractivity contribution in [3.63, 3.8) is 0 Å². The van der Waals surface area contributed by atoms with Gasteiger partial charge in [0.2, 0.25) is 5.75 Å². The molecule has 2 aromatic rings. The minimum atomic E-state index is -0.00366. The van der Waals surface area contributed by atoms with E-state index in [4.69, 9.17) is 21.1 Å². The van der Waals surface area contributed by atoms with Crippen LogP contribution in [-0.2, 0) is 6.54 Å². The average Bonchev–Trinajstić information content (AvgIpc) is 2.47. The minimum Gasteiger partial charge on any atom is -0.502 e. The molecule has 6 heteroatoms.